The van der Waals surface area contributed by atoms with Crippen LogP contribution in [0.15, 0.2) is 12.4 Å². The van der Waals surface area contributed by atoms with E-state index in [1.165, 1.54) is 17.3 Å². The molecule has 3 heterocycles. The molecule has 1 amide bonds. The molecule has 0 aromatic carbocycles. The normalized spacial score (nSPS) is 18.0. The number of carbonyl (C=O) groups is 2. The molecule has 0 saturated carbocycles. The van der Waals surface area contributed by atoms with Crippen molar-refractivity contribution >= 4 is 11.9 Å². The van der Waals surface area contributed by atoms with Crippen LogP contribution >= 0.6 is 0 Å². The molecule has 2 aromatic rings. The molecule has 128 valence electrons. The van der Waals surface area contributed by atoms with Crippen molar-refractivity contribution < 1.29 is 14.7 Å². The maximum absolute atomic E-state index is 12.9. The molecule has 24 heavy (non-hydrogen) atoms. The molecule has 0 fully saturated rings. The van der Waals surface area contributed by atoms with Gasteiger partial charge in [-0.25, -0.2) is 4.79 Å². The van der Waals surface area contributed by atoms with Crippen molar-refractivity contribution in [3.05, 3.63) is 34.9 Å². The average molecular weight is 331 g/mol. The van der Waals surface area contributed by atoms with Crippen LogP contribution < -0.4 is 0 Å². The highest BCUT2D eigenvalue weighted by atomic mass is 16.4. The summed E-state index contributed by atoms with van der Waals surface area (Å²) in [5.41, 5.74) is 2.39. The Morgan fingerprint density at radius 3 is 2.67 bits per heavy atom. The Morgan fingerprint density at radius 2 is 2.04 bits per heavy atom. The molecular formula is C16H21N5O3. The number of nitrogens with zero attached hydrogens (tertiary/aromatic N) is 4. The molecule has 3 rings (SSSR count). The summed E-state index contributed by atoms with van der Waals surface area (Å²) in [5, 5.41) is 20.5. The molecule has 1 aliphatic rings. The Morgan fingerprint density at radius 1 is 1.33 bits per heavy atom. The highest BCUT2D eigenvalue weighted by molar-refractivity contribution is 5.98. The van der Waals surface area contributed by atoms with E-state index in [2.05, 4.69) is 29.1 Å². The Balaban J connectivity index is 1.93. The van der Waals surface area contributed by atoms with Crippen LogP contribution in [0, 0.1) is 12.8 Å². The predicted molar refractivity (Wildman–Crippen MR) is 85.4 cm³/mol. The first-order chi connectivity index (χ1) is 11.3. The van der Waals surface area contributed by atoms with E-state index in [0.29, 0.717) is 22.7 Å². The number of nitrogens with one attached hydrogen (secondary N) is 1. The molecule has 8 nitrogen and oxygen atoms in total. The van der Waals surface area contributed by atoms with Gasteiger partial charge in [-0.05, 0) is 19.8 Å². The van der Waals surface area contributed by atoms with Crippen molar-refractivity contribution in [2.75, 3.05) is 0 Å². The lowest BCUT2D eigenvalue weighted by molar-refractivity contribution is -0.142. The van der Waals surface area contributed by atoms with Crippen LogP contribution in [0.3, 0.4) is 0 Å². The summed E-state index contributed by atoms with van der Waals surface area (Å²) in [6.07, 6.45) is 3.00. The number of fused-ring (bicyclic) bond motifs is 1. The van der Waals surface area contributed by atoms with Gasteiger partial charge in [-0.3, -0.25) is 14.6 Å². The highest BCUT2D eigenvalue weighted by Crippen LogP contribution is 2.34. The zero-order valence-corrected chi connectivity index (χ0v) is 14.1. The molecule has 2 atom stereocenters. The Bertz CT molecular complexity index is 791. The zero-order chi connectivity index (χ0) is 17.6. The smallest absolute Gasteiger partial charge is 0.331 e. The lowest BCUT2D eigenvalue weighted by atomic mass is 10.1. The number of carboxylic acid groups (broad SMARTS) is 1. The van der Waals surface area contributed by atoms with Crippen molar-refractivity contribution in [1.82, 2.24) is 24.9 Å². The number of H-pyrrole nitrogens is 1. The SMILES string of the molecule is Cc1c(C(=O)N2Cc3[nH]ncc3C2C(=O)O)cnn1C(C)C(C)C. The summed E-state index contributed by atoms with van der Waals surface area (Å²) in [5.74, 6) is -1.02. The third kappa shape index (κ3) is 2.38. The van der Waals surface area contributed by atoms with E-state index in [1.54, 1.807) is 0 Å². The number of hydrogen-bond acceptors (Lipinski definition) is 4. The average Bonchev–Trinajstić information content (AvgIpc) is 3.18. The van der Waals surface area contributed by atoms with Crippen LogP contribution in [0.4, 0.5) is 0 Å². The van der Waals surface area contributed by atoms with Crippen LogP contribution in [0.25, 0.3) is 0 Å². The molecular weight excluding hydrogens is 310 g/mol. The van der Waals surface area contributed by atoms with Gasteiger partial charge in [-0.1, -0.05) is 13.8 Å². The molecule has 2 aromatic heterocycles. The van der Waals surface area contributed by atoms with Crippen molar-refractivity contribution in [3.8, 4) is 0 Å². The monoisotopic (exact) mass is 331 g/mol. The molecule has 0 aliphatic carbocycles. The van der Waals surface area contributed by atoms with Gasteiger partial charge < -0.3 is 10.0 Å². The van der Waals surface area contributed by atoms with E-state index >= 15 is 0 Å². The minimum Gasteiger partial charge on any atom is -0.479 e. The summed E-state index contributed by atoms with van der Waals surface area (Å²) < 4.78 is 1.82. The number of amides is 1. The van der Waals surface area contributed by atoms with E-state index in [0.717, 1.165) is 5.69 Å². The van der Waals surface area contributed by atoms with Crippen molar-refractivity contribution in [1.29, 1.82) is 0 Å². The summed E-state index contributed by atoms with van der Waals surface area (Å²) in [6, 6.07) is -0.867. The maximum Gasteiger partial charge on any atom is 0.331 e. The van der Waals surface area contributed by atoms with Gasteiger partial charge >= 0.3 is 5.97 Å². The first-order valence-corrected chi connectivity index (χ1v) is 7.93. The van der Waals surface area contributed by atoms with Crippen LogP contribution in [0.1, 0.15) is 60.2 Å². The molecule has 2 unspecified atom stereocenters. The summed E-state index contributed by atoms with van der Waals surface area (Å²) in [4.78, 5) is 25.9. The van der Waals surface area contributed by atoms with Gasteiger partial charge in [0.2, 0.25) is 0 Å². The van der Waals surface area contributed by atoms with E-state index in [-0.39, 0.29) is 18.5 Å². The molecule has 0 bridgehead atoms. The minimum absolute atomic E-state index is 0.150. The standard InChI is InChI=1S/C16H21N5O3/c1-8(2)9(3)21-10(4)11(6-18-21)15(22)20-7-13-12(5-17-19-13)14(20)16(23)24/h5-6,8-9,14H,7H2,1-4H3,(H,17,19)(H,23,24). The van der Waals surface area contributed by atoms with E-state index < -0.39 is 12.0 Å². The van der Waals surface area contributed by atoms with Crippen molar-refractivity contribution in [2.24, 2.45) is 5.92 Å². The molecule has 0 spiro atoms. The number of aliphatic carboxylic acids is 1. The number of rotatable bonds is 4. The predicted octanol–water partition coefficient (Wildman–Crippen LogP) is 1.91. The second kappa shape index (κ2) is 5.77. The van der Waals surface area contributed by atoms with Crippen LogP contribution in [-0.2, 0) is 11.3 Å². The van der Waals surface area contributed by atoms with Gasteiger partial charge in [-0.15, -0.1) is 0 Å². The molecule has 0 saturated heterocycles. The first-order valence-electron chi connectivity index (χ1n) is 7.93. The van der Waals surface area contributed by atoms with Gasteiger partial charge in [0.15, 0.2) is 6.04 Å². The number of carboxylic acids is 1. The van der Waals surface area contributed by atoms with Gasteiger partial charge in [0.25, 0.3) is 5.91 Å². The Hall–Kier alpha value is -2.64. The van der Waals surface area contributed by atoms with Crippen molar-refractivity contribution in [3.63, 3.8) is 0 Å². The number of aromatic nitrogens is 4. The van der Waals surface area contributed by atoms with Gasteiger partial charge in [0, 0.05) is 11.3 Å². The fraction of sp³-hybridized carbons (Fsp3) is 0.500. The quantitative estimate of drug-likeness (QED) is 0.890. The minimum atomic E-state index is -1.07. The number of hydrogen-bond donors (Lipinski definition) is 2. The third-order valence-electron chi connectivity index (χ3n) is 4.81. The van der Waals surface area contributed by atoms with Gasteiger partial charge in [0.1, 0.15) is 0 Å². The summed E-state index contributed by atoms with van der Waals surface area (Å²) >= 11 is 0. The lowest BCUT2D eigenvalue weighted by Gasteiger charge is -2.22. The maximum atomic E-state index is 12.9. The van der Waals surface area contributed by atoms with E-state index in [1.807, 2.05) is 18.5 Å². The van der Waals surface area contributed by atoms with Crippen LogP contribution in [0.2, 0.25) is 0 Å². The summed E-state index contributed by atoms with van der Waals surface area (Å²) in [7, 11) is 0. The second-order valence-corrected chi connectivity index (χ2v) is 6.55. The lowest BCUT2D eigenvalue weighted by Crippen LogP contribution is -2.34. The fourth-order valence-corrected chi connectivity index (χ4v) is 3.05. The fourth-order valence-electron chi connectivity index (χ4n) is 3.05. The van der Waals surface area contributed by atoms with Crippen molar-refractivity contribution in [2.45, 2.75) is 46.3 Å². The molecule has 0 radical (unpaired) electrons. The Kier molecular flexibility index (Phi) is 3.90. The highest BCUT2D eigenvalue weighted by Gasteiger charge is 2.41. The van der Waals surface area contributed by atoms with Crippen LogP contribution in [-0.4, -0.2) is 41.9 Å². The molecule has 8 heteroatoms. The second-order valence-electron chi connectivity index (χ2n) is 6.55. The Labute approximate surface area is 139 Å². The van der Waals surface area contributed by atoms with Gasteiger partial charge in [0.05, 0.1) is 36.2 Å². The number of carbonyl (C=O) groups excluding carboxylic acids is 1. The van der Waals surface area contributed by atoms with E-state index in [9.17, 15) is 14.7 Å². The third-order valence-corrected chi connectivity index (χ3v) is 4.81. The summed E-state index contributed by atoms with van der Waals surface area (Å²) in [6.45, 7) is 8.27. The molecule has 1 aliphatic heterocycles. The largest absolute Gasteiger partial charge is 0.479 e. The molecule has 2 N–H and O–H groups in total. The first kappa shape index (κ1) is 16.2. The zero-order valence-electron chi connectivity index (χ0n) is 14.1. The van der Waals surface area contributed by atoms with E-state index in [4.69, 9.17) is 0 Å². The number of aromatic amines is 1. The van der Waals surface area contributed by atoms with Crippen LogP contribution in [0.5, 0.6) is 0 Å². The van der Waals surface area contributed by atoms with Gasteiger partial charge in [-0.2, -0.15) is 10.2 Å². The topological polar surface area (TPSA) is 104 Å².